The van der Waals surface area contributed by atoms with Crippen molar-refractivity contribution >= 4 is 21.7 Å². The van der Waals surface area contributed by atoms with Crippen LogP contribution in [0.25, 0.3) is 0 Å². The van der Waals surface area contributed by atoms with Crippen molar-refractivity contribution in [3.8, 4) is 0 Å². The van der Waals surface area contributed by atoms with Crippen LogP contribution in [0.3, 0.4) is 0 Å². The number of halogens is 1. The molecule has 0 heterocycles. The van der Waals surface area contributed by atoms with Gasteiger partial charge in [0.2, 0.25) is 0 Å². The molecule has 0 atom stereocenters. The Balaban J connectivity index is 2.64. The van der Waals surface area contributed by atoms with Crippen LogP contribution in [0.2, 0.25) is 0 Å². The van der Waals surface area contributed by atoms with Gasteiger partial charge in [-0.05, 0) is 31.6 Å². The van der Waals surface area contributed by atoms with E-state index in [0.717, 1.165) is 29.5 Å². The molecule has 0 aliphatic carbocycles. The molecule has 1 aromatic carbocycles. The average molecular weight is 284 g/mol. The van der Waals surface area contributed by atoms with Gasteiger partial charge in [-0.1, -0.05) is 41.9 Å². The third kappa shape index (κ3) is 4.06. The number of hydrogen-bond donors (Lipinski definition) is 0. The molecule has 0 bridgehead atoms. The first-order chi connectivity index (χ1) is 7.67. The minimum Gasteiger partial charge on any atom is -0.296 e. The maximum Gasteiger partial charge on any atom is 0.176 e. The summed E-state index contributed by atoms with van der Waals surface area (Å²) in [6.45, 7) is 6.64. The van der Waals surface area contributed by atoms with Gasteiger partial charge in [-0.25, -0.2) is 0 Å². The Morgan fingerprint density at radius 2 is 2.12 bits per heavy atom. The highest BCUT2D eigenvalue weighted by molar-refractivity contribution is 9.10. The second-order valence-corrected chi connectivity index (χ2v) is 4.72. The molecule has 0 saturated heterocycles. The lowest BCUT2D eigenvalue weighted by atomic mass is 10.1. The normalized spacial score (nSPS) is 10.8. The summed E-state index contributed by atoms with van der Waals surface area (Å²) < 4.78 is 0.955. The molecular formula is C13H18BrNO. The standard InChI is InChI=1S/C13H18BrNO/c1-3-8-15(4-2)10-13(16)11-6-5-7-12(14)9-11/h5-7,9H,3-4,8,10H2,1-2H3. The predicted molar refractivity (Wildman–Crippen MR) is 70.9 cm³/mol. The Morgan fingerprint density at radius 3 is 2.69 bits per heavy atom. The highest BCUT2D eigenvalue weighted by Gasteiger charge is 2.10. The molecule has 0 radical (unpaired) electrons. The Labute approximate surface area is 106 Å². The largest absolute Gasteiger partial charge is 0.296 e. The average Bonchev–Trinajstić information content (AvgIpc) is 2.28. The summed E-state index contributed by atoms with van der Waals surface area (Å²) in [5.74, 6) is 0.191. The van der Waals surface area contributed by atoms with E-state index in [0.29, 0.717) is 6.54 Å². The first-order valence-electron chi connectivity index (χ1n) is 5.68. The lowest BCUT2D eigenvalue weighted by molar-refractivity contribution is 0.0934. The fourth-order valence-corrected chi connectivity index (χ4v) is 2.02. The number of likely N-dealkylation sites (N-methyl/N-ethyl adjacent to an activating group) is 1. The summed E-state index contributed by atoms with van der Waals surface area (Å²) in [5, 5.41) is 0. The van der Waals surface area contributed by atoms with Gasteiger partial charge in [0.05, 0.1) is 6.54 Å². The highest BCUT2D eigenvalue weighted by atomic mass is 79.9. The number of rotatable bonds is 6. The monoisotopic (exact) mass is 283 g/mol. The van der Waals surface area contributed by atoms with Crippen molar-refractivity contribution in [2.45, 2.75) is 20.3 Å². The Kier molecular flexibility index (Phi) is 5.71. The topological polar surface area (TPSA) is 20.3 Å². The summed E-state index contributed by atoms with van der Waals surface area (Å²) in [6.07, 6.45) is 1.08. The number of nitrogens with zero attached hydrogens (tertiary/aromatic N) is 1. The molecule has 1 aromatic rings. The van der Waals surface area contributed by atoms with Crippen LogP contribution in [0.4, 0.5) is 0 Å². The Hall–Kier alpha value is -0.670. The van der Waals surface area contributed by atoms with Crippen molar-refractivity contribution in [1.29, 1.82) is 0 Å². The molecule has 0 aliphatic heterocycles. The predicted octanol–water partition coefficient (Wildman–Crippen LogP) is 3.36. The molecule has 0 fully saturated rings. The van der Waals surface area contributed by atoms with Crippen LogP contribution in [0.5, 0.6) is 0 Å². The molecule has 2 nitrogen and oxygen atoms in total. The first kappa shape index (κ1) is 13.4. The summed E-state index contributed by atoms with van der Waals surface area (Å²) >= 11 is 3.38. The van der Waals surface area contributed by atoms with Gasteiger partial charge in [-0.3, -0.25) is 9.69 Å². The van der Waals surface area contributed by atoms with Crippen LogP contribution in [-0.2, 0) is 0 Å². The van der Waals surface area contributed by atoms with E-state index in [9.17, 15) is 4.79 Å². The maximum atomic E-state index is 12.0. The minimum atomic E-state index is 0.191. The van der Waals surface area contributed by atoms with Gasteiger partial charge in [0.1, 0.15) is 0 Å². The second-order valence-electron chi connectivity index (χ2n) is 3.80. The van der Waals surface area contributed by atoms with E-state index in [-0.39, 0.29) is 5.78 Å². The fourth-order valence-electron chi connectivity index (χ4n) is 1.62. The van der Waals surface area contributed by atoms with Gasteiger partial charge < -0.3 is 0 Å². The van der Waals surface area contributed by atoms with Crippen molar-refractivity contribution in [3.63, 3.8) is 0 Å². The van der Waals surface area contributed by atoms with Crippen molar-refractivity contribution in [2.24, 2.45) is 0 Å². The second kappa shape index (κ2) is 6.81. The van der Waals surface area contributed by atoms with E-state index in [2.05, 4.69) is 34.7 Å². The fraction of sp³-hybridized carbons (Fsp3) is 0.462. The highest BCUT2D eigenvalue weighted by Crippen LogP contribution is 2.12. The third-order valence-electron chi connectivity index (χ3n) is 2.50. The molecule has 16 heavy (non-hydrogen) atoms. The third-order valence-corrected chi connectivity index (χ3v) is 2.99. The summed E-state index contributed by atoms with van der Waals surface area (Å²) in [6, 6.07) is 7.57. The van der Waals surface area contributed by atoms with Crippen LogP contribution in [0.1, 0.15) is 30.6 Å². The number of carbonyl (C=O) groups excluding carboxylic acids is 1. The summed E-state index contributed by atoms with van der Waals surface area (Å²) in [5.41, 5.74) is 0.781. The van der Waals surface area contributed by atoms with Gasteiger partial charge in [-0.15, -0.1) is 0 Å². The molecule has 1 rings (SSSR count). The van der Waals surface area contributed by atoms with Gasteiger partial charge in [0, 0.05) is 10.0 Å². The molecule has 0 aromatic heterocycles. The van der Waals surface area contributed by atoms with Gasteiger partial charge in [0.25, 0.3) is 0 Å². The zero-order valence-corrected chi connectivity index (χ0v) is 11.5. The quantitative estimate of drug-likeness (QED) is 0.746. The van der Waals surface area contributed by atoms with E-state index in [4.69, 9.17) is 0 Å². The lowest BCUT2D eigenvalue weighted by Crippen LogP contribution is -2.30. The molecule has 0 unspecified atom stereocenters. The number of benzene rings is 1. The van der Waals surface area contributed by atoms with Crippen molar-refractivity contribution in [2.75, 3.05) is 19.6 Å². The Bertz CT molecular complexity index is 352. The van der Waals surface area contributed by atoms with E-state index < -0.39 is 0 Å². The first-order valence-corrected chi connectivity index (χ1v) is 6.47. The Morgan fingerprint density at radius 1 is 1.38 bits per heavy atom. The summed E-state index contributed by atoms with van der Waals surface area (Å²) in [4.78, 5) is 14.1. The molecule has 0 aliphatic rings. The SMILES string of the molecule is CCCN(CC)CC(=O)c1cccc(Br)c1. The van der Waals surface area contributed by atoms with Crippen LogP contribution < -0.4 is 0 Å². The lowest BCUT2D eigenvalue weighted by Gasteiger charge is -2.18. The molecule has 0 saturated carbocycles. The molecule has 0 amide bonds. The number of carbonyl (C=O) groups is 1. The van der Waals surface area contributed by atoms with Crippen molar-refractivity contribution in [1.82, 2.24) is 4.90 Å². The number of hydrogen-bond acceptors (Lipinski definition) is 2. The van der Waals surface area contributed by atoms with Crippen LogP contribution in [-0.4, -0.2) is 30.3 Å². The van der Waals surface area contributed by atoms with E-state index in [1.54, 1.807) is 0 Å². The van der Waals surface area contributed by atoms with Crippen LogP contribution in [0, 0.1) is 0 Å². The zero-order valence-electron chi connectivity index (χ0n) is 9.87. The summed E-state index contributed by atoms with van der Waals surface area (Å²) in [7, 11) is 0. The molecule has 3 heteroatoms. The van der Waals surface area contributed by atoms with Crippen molar-refractivity contribution < 1.29 is 4.79 Å². The zero-order chi connectivity index (χ0) is 12.0. The minimum absolute atomic E-state index is 0.191. The van der Waals surface area contributed by atoms with E-state index in [1.807, 2.05) is 24.3 Å². The number of Topliss-reactive ketones (excluding diaryl/α,β-unsaturated/α-hetero) is 1. The molecule has 0 spiro atoms. The molecule has 88 valence electrons. The van der Waals surface area contributed by atoms with E-state index >= 15 is 0 Å². The van der Waals surface area contributed by atoms with Crippen LogP contribution in [0.15, 0.2) is 28.7 Å². The maximum absolute atomic E-state index is 12.0. The number of ketones is 1. The van der Waals surface area contributed by atoms with Gasteiger partial charge in [0.15, 0.2) is 5.78 Å². The smallest absolute Gasteiger partial charge is 0.176 e. The van der Waals surface area contributed by atoms with E-state index in [1.165, 1.54) is 0 Å². The van der Waals surface area contributed by atoms with Crippen LogP contribution >= 0.6 is 15.9 Å². The van der Waals surface area contributed by atoms with Gasteiger partial charge in [-0.2, -0.15) is 0 Å². The van der Waals surface area contributed by atoms with Gasteiger partial charge >= 0.3 is 0 Å². The van der Waals surface area contributed by atoms with Crippen molar-refractivity contribution in [3.05, 3.63) is 34.3 Å². The molecular weight excluding hydrogens is 266 g/mol. The molecule has 0 N–H and O–H groups in total.